The van der Waals surface area contributed by atoms with Crippen LogP contribution in [0.4, 0.5) is 35.1 Å². The van der Waals surface area contributed by atoms with Crippen molar-refractivity contribution in [3.63, 3.8) is 0 Å². The molecule has 85 valence electrons. The Kier molecular flexibility index (Phi) is 3.69. The van der Waals surface area contributed by atoms with Crippen LogP contribution in [0.1, 0.15) is 0 Å². The van der Waals surface area contributed by atoms with Gasteiger partial charge in [-0.25, -0.2) is 8.78 Å². The van der Waals surface area contributed by atoms with Gasteiger partial charge < -0.3 is 0 Å². The summed E-state index contributed by atoms with van der Waals surface area (Å²) in [5, 5.41) is 0. The lowest BCUT2D eigenvalue weighted by Crippen LogP contribution is -2.58. The fourth-order valence-corrected chi connectivity index (χ4v) is 0.653. The van der Waals surface area contributed by atoms with Crippen molar-refractivity contribution in [1.29, 1.82) is 0 Å². The second-order valence-electron chi connectivity index (χ2n) is 2.35. The van der Waals surface area contributed by atoms with Gasteiger partial charge in [0.05, 0.1) is 5.75 Å². The van der Waals surface area contributed by atoms with Crippen LogP contribution in [0.3, 0.4) is 0 Å². The van der Waals surface area contributed by atoms with Crippen molar-refractivity contribution in [1.82, 2.24) is 0 Å². The van der Waals surface area contributed by atoms with E-state index in [0.717, 1.165) is 0 Å². The maximum Gasteiger partial charge on any atom is 0.378 e. The van der Waals surface area contributed by atoms with Gasteiger partial charge in [0.15, 0.2) is 0 Å². The summed E-state index contributed by atoms with van der Waals surface area (Å²) in [5.41, 5.74) is 0. The van der Waals surface area contributed by atoms with Crippen molar-refractivity contribution < 1.29 is 35.1 Å². The van der Waals surface area contributed by atoms with Crippen LogP contribution in [0.5, 0.6) is 0 Å². The molecule has 0 atom stereocenters. The molecule has 0 bridgehead atoms. The van der Waals surface area contributed by atoms with Gasteiger partial charge in [-0.3, -0.25) is 0 Å². The molecule has 9 heteroatoms. The van der Waals surface area contributed by atoms with Gasteiger partial charge in [0, 0.05) is 0 Å². The lowest BCUT2D eigenvalue weighted by atomic mass is 10.1. The SMILES string of the molecule is FC(F)C(F)(F)C(F)(F)C(F)(F)C[S]. The van der Waals surface area contributed by atoms with Gasteiger partial charge in [0.1, 0.15) is 0 Å². The zero-order valence-corrected chi connectivity index (χ0v) is 7.03. The Hall–Kier alpha value is -0.210. The average molecular weight is 247 g/mol. The van der Waals surface area contributed by atoms with Gasteiger partial charge in [-0.05, 0) is 0 Å². The number of hydrogen-bond donors (Lipinski definition) is 0. The molecule has 0 heterocycles. The highest BCUT2D eigenvalue weighted by atomic mass is 32.1. The predicted octanol–water partition coefficient (Wildman–Crippen LogP) is 3.35. The largest absolute Gasteiger partial charge is 0.378 e. The summed E-state index contributed by atoms with van der Waals surface area (Å²) in [6.45, 7) is 0. The minimum atomic E-state index is -6.16. The van der Waals surface area contributed by atoms with Crippen molar-refractivity contribution in [2.75, 3.05) is 5.75 Å². The molecular weight excluding hydrogens is 244 g/mol. The van der Waals surface area contributed by atoms with Crippen molar-refractivity contribution >= 4 is 12.6 Å². The third-order valence-electron chi connectivity index (χ3n) is 1.33. The summed E-state index contributed by atoms with van der Waals surface area (Å²) < 4.78 is 95.3. The average Bonchev–Trinajstić information content (AvgIpc) is 2.03. The van der Waals surface area contributed by atoms with E-state index in [2.05, 4.69) is 12.6 Å². The topological polar surface area (TPSA) is 0 Å². The zero-order chi connectivity index (χ0) is 11.8. The second kappa shape index (κ2) is 3.74. The Labute approximate surface area is 78.7 Å². The third-order valence-corrected chi connectivity index (χ3v) is 1.70. The molecule has 0 saturated heterocycles. The first kappa shape index (κ1) is 13.8. The summed E-state index contributed by atoms with van der Waals surface area (Å²) in [4.78, 5) is 0. The fraction of sp³-hybridized carbons (Fsp3) is 1.00. The van der Waals surface area contributed by atoms with E-state index in [4.69, 9.17) is 0 Å². The fourth-order valence-electron chi connectivity index (χ4n) is 0.472. The molecule has 0 unspecified atom stereocenters. The summed E-state index contributed by atoms with van der Waals surface area (Å²) in [5.74, 6) is -19.7. The normalized spacial score (nSPS) is 15.0. The van der Waals surface area contributed by atoms with Crippen LogP contribution in [-0.2, 0) is 0 Å². The molecule has 0 nitrogen and oxygen atoms in total. The number of halogens is 8. The number of rotatable bonds is 4. The first-order chi connectivity index (χ1) is 6.00. The van der Waals surface area contributed by atoms with Gasteiger partial charge in [-0.2, -0.15) is 26.3 Å². The molecule has 0 fully saturated rings. The van der Waals surface area contributed by atoms with Crippen molar-refractivity contribution in [3.05, 3.63) is 0 Å². The molecule has 0 amide bonds. The van der Waals surface area contributed by atoms with E-state index >= 15 is 0 Å². The van der Waals surface area contributed by atoms with E-state index in [9.17, 15) is 35.1 Å². The lowest BCUT2D eigenvalue weighted by Gasteiger charge is -2.31. The van der Waals surface area contributed by atoms with E-state index < -0.39 is 29.9 Å². The second-order valence-corrected chi connectivity index (χ2v) is 2.64. The van der Waals surface area contributed by atoms with E-state index in [0.29, 0.717) is 0 Å². The molecule has 0 saturated carbocycles. The van der Waals surface area contributed by atoms with Gasteiger partial charge in [0.25, 0.3) is 0 Å². The van der Waals surface area contributed by atoms with E-state index in [-0.39, 0.29) is 0 Å². The lowest BCUT2D eigenvalue weighted by molar-refractivity contribution is -0.331. The Morgan fingerprint density at radius 2 is 1.29 bits per heavy atom. The highest BCUT2D eigenvalue weighted by Crippen LogP contribution is 2.48. The van der Waals surface area contributed by atoms with Crippen LogP contribution < -0.4 is 0 Å². The molecule has 0 aromatic heterocycles. The van der Waals surface area contributed by atoms with E-state index in [1.807, 2.05) is 0 Å². The molecule has 0 aromatic carbocycles. The van der Waals surface area contributed by atoms with Crippen LogP contribution in [0.2, 0.25) is 0 Å². The monoisotopic (exact) mass is 247 g/mol. The molecule has 0 spiro atoms. The van der Waals surface area contributed by atoms with Gasteiger partial charge in [0.2, 0.25) is 0 Å². The Balaban J connectivity index is 5.14. The molecule has 0 aliphatic rings. The summed E-state index contributed by atoms with van der Waals surface area (Å²) >= 11 is 3.48. The Morgan fingerprint density at radius 3 is 1.50 bits per heavy atom. The third kappa shape index (κ3) is 1.91. The Morgan fingerprint density at radius 1 is 0.929 bits per heavy atom. The molecule has 0 N–H and O–H groups in total. The zero-order valence-electron chi connectivity index (χ0n) is 6.22. The van der Waals surface area contributed by atoms with Crippen molar-refractivity contribution in [2.24, 2.45) is 0 Å². The maximum absolute atomic E-state index is 12.2. The highest BCUT2D eigenvalue weighted by molar-refractivity contribution is 7.80. The highest BCUT2D eigenvalue weighted by Gasteiger charge is 2.74. The smallest absolute Gasteiger partial charge is 0.203 e. The molecule has 0 aromatic rings. The number of hydrogen-bond acceptors (Lipinski definition) is 0. The van der Waals surface area contributed by atoms with E-state index in [1.54, 1.807) is 0 Å². The summed E-state index contributed by atoms with van der Waals surface area (Å²) in [7, 11) is 0. The predicted molar refractivity (Wildman–Crippen MR) is 33.3 cm³/mol. The molecule has 1 radical (unpaired) electrons. The van der Waals surface area contributed by atoms with Crippen LogP contribution in [0.25, 0.3) is 0 Å². The molecule has 0 rings (SSSR count). The molecule has 0 aliphatic heterocycles. The standard InChI is InChI=1S/C5H3F8S/c6-2(7)4(10,11)5(12,13)3(8,9)1-14/h2H,1H2. The van der Waals surface area contributed by atoms with Gasteiger partial charge >= 0.3 is 24.2 Å². The summed E-state index contributed by atoms with van der Waals surface area (Å²) in [6, 6.07) is 0. The van der Waals surface area contributed by atoms with Crippen LogP contribution >= 0.6 is 12.6 Å². The van der Waals surface area contributed by atoms with E-state index in [1.165, 1.54) is 0 Å². The van der Waals surface area contributed by atoms with Crippen LogP contribution in [0.15, 0.2) is 0 Å². The van der Waals surface area contributed by atoms with Crippen molar-refractivity contribution in [3.8, 4) is 0 Å². The van der Waals surface area contributed by atoms with Crippen LogP contribution in [-0.4, -0.2) is 29.9 Å². The quantitative estimate of drug-likeness (QED) is 0.668. The minimum absolute atomic E-state index is 2.07. The molecule has 0 aliphatic carbocycles. The van der Waals surface area contributed by atoms with Gasteiger partial charge in [-0.15, -0.1) is 0 Å². The number of alkyl halides is 8. The maximum atomic E-state index is 12.2. The van der Waals surface area contributed by atoms with Crippen molar-refractivity contribution in [2.45, 2.75) is 24.2 Å². The minimum Gasteiger partial charge on any atom is -0.203 e. The Bertz CT molecular complexity index is 200. The summed E-state index contributed by atoms with van der Waals surface area (Å²) in [6.07, 6.45) is -4.88. The first-order valence-corrected chi connectivity index (χ1v) is 3.58. The first-order valence-electron chi connectivity index (χ1n) is 3.00. The molecule has 14 heavy (non-hydrogen) atoms. The van der Waals surface area contributed by atoms with Gasteiger partial charge in [-0.1, -0.05) is 12.6 Å². The van der Waals surface area contributed by atoms with Crippen LogP contribution in [0, 0.1) is 0 Å². The molecular formula is C5H3F8S.